The Morgan fingerprint density at radius 2 is 2.10 bits per heavy atom. The van der Waals surface area contributed by atoms with Gasteiger partial charge in [-0.15, -0.1) is 0 Å². The summed E-state index contributed by atoms with van der Waals surface area (Å²) in [6, 6.07) is 4.43. The fraction of sp³-hybridized carbons (Fsp3) is 0.500. The van der Waals surface area contributed by atoms with E-state index < -0.39 is 4.92 Å². The summed E-state index contributed by atoms with van der Waals surface area (Å²) in [5.41, 5.74) is 6.80. The maximum Gasteiger partial charge on any atom is 0.273 e. The van der Waals surface area contributed by atoms with Crippen LogP contribution in [0.1, 0.15) is 41.6 Å². The van der Waals surface area contributed by atoms with Gasteiger partial charge in [0.25, 0.3) is 11.6 Å². The van der Waals surface area contributed by atoms with Crippen LogP contribution in [0, 0.1) is 17.0 Å². The lowest BCUT2D eigenvalue weighted by atomic mass is 9.91. The van der Waals surface area contributed by atoms with Gasteiger partial charge in [-0.05, 0) is 25.8 Å². The molecular formula is C14H19N3O3. The van der Waals surface area contributed by atoms with Crippen LogP contribution in [0.4, 0.5) is 5.69 Å². The molecule has 0 spiro atoms. The molecule has 1 fully saturated rings. The molecule has 0 aliphatic heterocycles. The number of benzene rings is 1. The number of nitro groups is 1. The van der Waals surface area contributed by atoms with Crippen molar-refractivity contribution in [3.8, 4) is 0 Å². The smallest absolute Gasteiger partial charge is 0.273 e. The van der Waals surface area contributed by atoms with Crippen molar-refractivity contribution < 1.29 is 9.72 Å². The molecule has 20 heavy (non-hydrogen) atoms. The van der Waals surface area contributed by atoms with Crippen molar-refractivity contribution in [1.29, 1.82) is 0 Å². The molecule has 1 aliphatic rings. The van der Waals surface area contributed by atoms with Crippen LogP contribution in [-0.4, -0.2) is 22.9 Å². The molecule has 0 saturated heterocycles. The van der Waals surface area contributed by atoms with Gasteiger partial charge in [0, 0.05) is 29.3 Å². The highest BCUT2D eigenvalue weighted by Gasteiger charge is 2.24. The predicted molar refractivity (Wildman–Crippen MR) is 75.5 cm³/mol. The van der Waals surface area contributed by atoms with Gasteiger partial charge in [-0.2, -0.15) is 0 Å². The first-order valence-electron chi connectivity index (χ1n) is 6.80. The molecule has 6 heteroatoms. The van der Waals surface area contributed by atoms with E-state index in [1.165, 1.54) is 6.07 Å². The molecule has 108 valence electrons. The van der Waals surface area contributed by atoms with Gasteiger partial charge in [0.2, 0.25) is 0 Å². The lowest BCUT2D eigenvalue weighted by Crippen LogP contribution is -2.49. The second-order valence-corrected chi connectivity index (χ2v) is 5.29. The average Bonchev–Trinajstić information content (AvgIpc) is 2.41. The maximum atomic E-state index is 12.2. The van der Waals surface area contributed by atoms with Crippen molar-refractivity contribution in [2.75, 3.05) is 0 Å². The fourth-order valence-electron chi connectivity index (χ4n) is 2.54. The lowest BCUT2D eigenvalue weighted by Gasteiger charge is -2.29. The van der Waals surface area contributed by atoms with Gasteiger partial charge in [0.05, 0.1) is 4.92 Å². The highest BCUT2D eigenvalue weighted by Crippen LogP contribution is 2.21. The second-order valence-electron chi connectivity index (χ2n) is 5.29. The van der Waals surface area contributed by atoms with Crippen molar-refractivity contribution in [2.24, 2.45) is 5.73 Å². The Labute approximate surface area is 117 Å². The molecule has 2 atom stereocenters. The van der Waals surface area contributed by atoms with Crippen LogP contribution < -0.4 is 11.1 Å². The number of amides is 1. The largest absolute Gasteiger partial charge is 0.348 e. The minimum Gasteiger partial charge on any atom is -0.348 e. The molecule has 0 radical (unpaired) electrons. The summed E-state index contributed by atoms with van der Waals surface area (Å²) in [6.45, 7) is 1.65. The first-order valence-corrected chi connectivity index (χ1v) is 6.80. The van der Waals surface area contributed by atoms with Crippen molar-refractivity contribution >= 4 is 11.6 Å². The normalized spacial score (nSPS) is 22.3. The topological polar surface area (TPSA) is 98.3 Å². The molecular weight excluding hydrogens is 258 g/mol. The summed E-state index contributed by atoms with van der Waals surface area (Å²) in [4.78, 5) is 22.6. The second kappa shape index (κ2) is 6.00. The van der Waals surface area contributed by atoms with E-state index in [1.807, 2.05) is 0 Å². The van der Waals surface area contributed by atoms with Crippen molar-refractivity contribution in [2.45, 2.75) is 44.7 Å². The first-order chi connectivity index (χ1) is 9.49. The zero-order chi connectivity index (χ0) is 14.7. The number of nitro benzene ring substituents is 1. The minimum absolute atomic E-state index is 0.0341. The standard InChI is InChI=1S/C14H19N3O3/c1-9-6-7-10(8-13(9)17(19)20)14(18)16-12-5-3-2-4-11(12)15/h6-8,11-12H,2-5,15H2,1H3,(H,16,18). The first kappa shape index (κ1) is 14.5. The Hall–Kier alpha value is -1.95. The van der Waals surface area contributed by atoms with Crippen molar-refractivity contribution in [1.82, 2.24) is 5.32 Å². The van der Waals surface area contributed by atoms with Gasteiger partial charge in [-0.3, -0.25) is 14.9 Å². The number of nitrogens with one attached hydrogen (secondary N) is 1. The fourth-order valence-corrected chi connectivity index (χ4v) is 2.54. The van der Waals surface area contributed by atoms with E-state index in [9.17, 15) is 14.9 Å². The zero-order valence-corrected chi connectivity index (χ0v) is 11.5. The van der Waals surface area contributed by atoms with Crippen LogP contribution in [0.2, 0.25) is 0 Å². The third kappa shape index (κ3) is 3.14. The summed E-state index contributed by atoms with van der Waals surface area (Å²) in [5, 5.41) is 13.8. The van der Waals surface area contributed by atoms with Gasteiger partial charge in [-0.1, -0.05) is 18.9 Å². The van der Waals surface area contributed by atoms with E-state index in [0.29, 0.717) is 11.1 Å². The van der Waals surface area contributed by atoms with E-state index in [2.05, 4.69) is 5.32 Å². The van der Waals surface area contributed by atoms with Gasteiger partial charge in [0.1, 0.15) is 0 Å². The quantitative estimate of drug-likeness (QED) is 0.651. The van der Waals surface area contributed by atoms with Gasteiger partial charge >= 0.3 is 0 Å². The molecule has 1 saturated carbocycles. The molecule has 1 aliphatic carbocycles. The third-order valence-corrected chi connectivity index (χ3v) is 3.80. The van der Waals surface area contributed by atoms with Crippen molar-refractivity contribution in [3.05, 3.63) is 39.4 Å². The average molecular weight is 277 g/mol. The maximum absolute atomic E-state index is 12.2. The number of rotatable bonds is 3. The van der Waals surface area contributed by atoms with E-state index in [4.69, 9.17) is 5.73 Å². The van der Waals surface area contributed by atoms with Crippen LogP contribution in [0.15, 0.2) is 18.2 Å². The molecule has 0 aromatic heterocycles. The number of carbonyl (C=O) groups is 1. The Balaban J connectivity index is 2.13. The highest BCUT2D eigenvalue weighted by atomic mass is 16.6. The van der Waals surface area contributed by atoms with E-state index in [1.54, 1.807) is 19.1 Å². The Morgan fingerprint density at radius 1 is 1.40 bits per heavy atom. The number of hydrogen-bond donors (Lipinski definition) is 2. The van der Waals surface area contributed by atoms with Crippen LogP contribution in [0.25, 0.3) is 0 Å². The Bertz CT molecular complexity index is 530. The molecule has 2 rings (SSSR count). The van der Waals surface area contributed by atoms with Gasteiger partial charge in [0.15, 0.2) is 0 Å². The Morgan fingerprint density at radius 3 is 2.75 bits per heavy atom. The number of hydrogen-bond acceptors (Lipinski definition) is 4. The number of aryl methyl sites for hydroxylation is 1. The molecule has 1 amide bonds. The van der Waals surface area contributed by atoms with Crippen LogP contribution in [0.5, 0.6) is 0 Å². The number of carbonyl (C=O) groups excluding carboxylic acids is 1. The number of nitrogens with two attached hydrogens (primary N) is 1. The summed E-state index contributed by atoms with van der Waals surface area (Å²) >= 11 is 0. The summed E-state index contributed by atoms with van der Waals surface area (Å²) < 4.78 is 0. The molecule has 0 heterocycles. The molecule has 2 unspecified atom stereocenters. The van der Waals surface area contributed by atoms with E-state index in [0.717, 1.165) is 25.7 Å². The highest BCUT2D eigenvalue weighted by molar-refractivity contribution is 5.95. The zero-order valence-electron chi connectivity index (χ0n) is 11.5. The Kier molecular flexibility index (Phi) is 4.34. The summed E-state index contributed by atoms with van der Waals surface area (Å²) in [5.74, 6) is -0.296. The molecule has 6 nitrogen and oxygen atoms in total. The van der Waals surface area contributed by atoms with Crippen LogP contribution in [0.3, 0.4) is 0 Å². The molecule has 0 bridgehead atoms. The van der Waals surface area contributed by atoms with Gasteiger partial charge in [-0.25, -0.2) is 0 Å². The summed E-state index contributed by atoms with van der Waals surface area (Å²) in [7, 11) is 0. The minimum atomic E-state index is -0.474. The van der Waals surface area contributed by atoms with Crippen molar-refractivity contribution in [3.63, 3.8) is 0 Å². The van der Waals surface area contributed by atoms with Crippen LogP contribution >= 0.6 is 0 Å². The van der Waals surface area contributed by atoms with E-state index >= 15 is 0 Å². The number of nitrogens with zero attached hydrogens (tertiary/aromatic N) is 1. The summed E-state index contributed by atoms with van der Waals surface area (Å²) in [6.07, 6.45) is 3.90. The van der Waals surface area contributed by atoms with E-state index in [-0.39, 0.29) is 23.7 Å². The third-order valence-electron chi connectivity index (χ3n) is 3.80. The van der Waals surface area contributed by atoms with Gasteiger partial charge < -0.3 is 11.1 Å². The lowest BCUT2D eigenvalue weighted by molar-refractivity contribution is -0.385. The SMILES string of the molecule is Cc1ccc(C(=O)NC2CCCCC2N)cc1[N+](=O)[O-]. The predicted octanol–water partition coefficient (Wildman–Crippen LogP) is 1.90. The molecule has 1 aromatic rings. The molecule has 1 aromatic carbocycles. The monoisotopic (exact) mass is 277 g/mol. The van der Waals surface area contributed by atoms with Crippen LogP contribution in [-0.2, 0) is 0 Å². The molecule has 3 N–H and O–H groups in total.